The van der Waals surface area contributed by atoms with E-state index in [0.29, 0.717) is 11.8 Å². The highest BCUT2D eigenvalue weighted by atomic mass is 35.5. The molecule has 0 aromatic heterocycles. The van der Waals surface area contributed by atoms with Crippen LogP contribution in [0.2, 0.25) is 5.02 Å². The minimum atomic E-state index is -0.808. The van der Waals surface area contributed by atoms with E-state index in [-0.39, 0.29) is 22.1 Å². The van der Waals surface area contributed by atoms with Crippen molar-refractivity contribution in [3.05, 3.63) is 22.2 Å². The second-order valence-corrected chi connectivity index (χ2v) is 3.63. The maximum Gasteiger partial charge on any atom is 0.171 e. The molecule has 1 aromatic rings. The van der Waals surface area contributed by atoms with Crippen LogP contribution in [-0.4, -0.2) is 25.6 Å². The van der Waals surface area contributed by atoms with Gasteiger partial charge in [0.25, 0.3) is 0 Å². The Morgan fingerprint density at radius 1 is 1.38 bits per heavy atom. The number of methoxy groups -OCH3 is 2. The molecule has 1 N–H and O–H groups in total. The molecule has 0 aliphatic carbocycles. The van der Waals surface area contributed by atoms with Crippen molar-refractivity contribution >= 4 is 17.9 Å². The van der Waals surface area contributed by atoms with E-state index in [2.05, 4.69) is 0 Å². The number of aldehydes is 1. The number of carbonyl (C=O) groups excluding carboxylic acids is 1. The monoisotopic (exact) mass is 244 g/mol. The average Bonchev–Trinajstić information content (AvgIpc) is 2.26. The van der Waals surface area contributed by atoms with Crippen LogP contribution < -0.4 is 9.47 Å². The van der Waals surface area contributed by atoms with Gasteiger partial charge in [-0.15, -0.1) is 0 Å². The Kier molecular flexibility index (Phi) is 4.15. The standard InChI is InChI=1S/C11H13ClO4/c1-6(14)9-8(12)4-7(5-13)10(15-2)11(9)16-3/h4-6,14H,1-3H3. The third kappa shape index (κ3) is 2.13. The van der Waals surface area contributed by atoms with Gasteiger partial charge in [0.15, 0.2) is 17.8 Å². The third-order valence-corrected chi connectivity index (χ3v) is 2.52. The van der Waals surface area contributed by atoms with E-state index < -0.39 is 6.10 Å². The summed E-state index contributed by atoms with van der Waals surface area (Å²) in [6.07, 6.45) is -0.184. The van der Waals surface area contributed by atoms with Gasteiger partial charge < -0.3 is 14.6 Å². The Hall–Kier alpha value is -1.26. The van der Waals surface area contributed by atoms with Gasteiger partial charge in [-0.3, -0.25) is 4.79 Å². The summed E-state index contributed by atoms with van der Waals surface area (Å²) < 4.78 is 10.2. The van der Waals surface area contributed by atoms with E-state index in [4.69, 9.17) is 21.1 Å². The highest BCUT2D eigenvalue weighted by Crippen LogP contribution is 2.41. The Morgan fingerprint density at radius 2 is 1.94 bits per heavy atom. The molecule has 16 heavy (non-hydrogen) atoms. The average molecular weight is 245 g/mol. The number of aliphatic hydroxyl groups excluding tert-OH is 1. The lowest BCUT2D eigenvalue weighted by Crippen LogP contribution is -2.03. The van der Waals surface area contributed by atoms with E-state index in [1.165, 1.54) is 20.3 Å². The molecule has 0 aliphatic heterocycles. The molecule has 0 bridgehead atoms. The summed E-state index contributed by atoms with van der Waals surface area (Å²) in [4.78, 5) is 10.8. The van der Waals surface area contributed by atoms with Crippen LogP contribution in [0, 0.1) is 0 Å². The first kappa shape index (κ1) is 12.8. The van der Waals surface area contributed by atoms with Crippen molar-refractivity contribution in [2.24, 2.45) is 0 Å². The maximum absolute atomic E-state index is 10.8. The van der Waals surface area contributed by atoms with Gasteiger partial charge in [0, 0.05) is 5.56 Å². The molecular weight excluding hydrogens is 232 g/mol. The zero-order chi connectivity index (χ0) is 12.3. The van der Waals surface area contributed by atoms with Crippen molar-refractivity contribution in [3.63, 3.8) is 0 Å². The van der Waals surface area contributed by atoms with Crippen molar-refractivity contribution in [1.82, 2.24) is 0 Å². The molecule has 5 heteroatoms. The number of rotatable bonds is 4. The van der Waals surface area contributed by atoms with Crippen LogP contribution in [0.4, 0.5) is 0 Å². The highest BCUT2D eigenvalue weighted by Gasteiger charge is 2.21. The van der Waals surface area contributed by atoms with Crippen LogP contribution >= 0.6 is 11.6 Å². The number of hydrogen-bond donors (Lipinski definition) is 1. The molecule has 0 saturated heterocycles. The molecule has 0 fully saturated rings. The number of carbonyl (C=O) groups is 1. The van der Waals surface area contributed by atoms with Gasteiger partial charge in [-0.25, -0.2) is 0 Å². The fourth-order valence-corrected chi connectivity index (χ4v) is 1.89. The molecule has 4 nitrogen and oxygen atoms in total. The lowest BCUT2D eigenvalue weighted by molar-refractivity contribution is 0.111. The minimum absolute atomic E-state index is 0.273. The number of hydrogen-bond acceptors (Lipinski definition) is 4. The zero-order valence-electron chi connectivity index (χ0n) is 9.28. The predicted octanol–water partition coefficient (Wildman–Crippen LogP) is 2.22. The number of ether oxygens (including phenoxy) is 2. The van der Waals surface area contributed by atoms with Crippen molar-refractivity contribution in [2.75, 3.05) is 14.2 Å². The molecule has 0 radical (unpaired) electrons. The normalized spacial score (nSPS) is 12.1. The van der Waals surface area contributed by atoms with Gasteiger partial charge >= 0.3 is 0 Å². The van der Waals surface area contributed by atoms with E-state index in [0.717, 1.165) is 0 Å². The summed E-state index contributed by atoms with van der Waals surface area (Å²) in [6, 6.07) is 1.44. The summed E-state index contributed by atoms with van der Waals surface area (Å²) >= 11 is 5.96. The molecule has 1 unspecified atom stereocenters. The summed E-state index contributed by atoms with van der Waals surface area (Å²) in [7, 11) is 2.85. The molecule has 0 saturated carbocycles. The summed E-state index contributed by atoms with van der Waals surface area (Å²) in [6.45, 7) is 1.56. The molecule has 1 atom stereocenters. The van der Waals surface area contributed by atoms with Gasteiger partial charge in [0.1, 0.15) is 0 Å². The Morgan fingerprint density at radius 3 is 2.31 bits per heavy atom. The van der Waals surface area contributed by atoms with Crippen LogP contribution in [0.5, 0.6) is 11.5 Å². The van der Waals surface area contributed by atoms with Crippen LogP contribution in [0.1, 0.15) is 28.9 Å². The maximum atomic E-state index is 10.8. The van der Waals surface area contributed by atoms with Crippen LogP contribution in [0.15, 0.2) is 6.07 Å². The highest BCUT2D eigenvalue weighted by molar-refractivity contribution is 6.32. The topological polar surface area (TPSA) is 55.8 Å². The quantitative estimate of drug-likeness (QED) is 0.826. The zero-order valence-corrected chi connectivity index (χ0v) is 10.0. The van der Waals surface area contributed by atoms with Gasteiger partial charge in [0.05, 0.1) is 30.9 Å². The minimum Gasteiger partial charge on any atom is -0.492 e. The van der Waals surface area contributed by atoms with E-state index in [1.54, 1.807) is 6.92 Å². The molecule has 1 rings (SSSR count). The molecule has 1 aromatic carbocycles. The molecule has 0 aliphatic rings. The summed E-state index contributed by atoms with van der Waals surface area (Å²) in [5, 5.41) is 9.86. The summed E-state index contributed by atoms with van der Waals surface area (Å²) in [5.74, 6) is 0.560. The van der Waals surface area contributed by atoms with Gasteiger partial charge in [-0.2, -0.15) is 0 Å². The first-order valence-corrected chi connectivity index (χ1v) is 5.02. The molecule has 0 heterocycles. The van der Waals surface area contributed by atoms with Gasteiger partial charge in [-0.1, -0.05) is 11.6 Å². The fraction of sp³-hybridized carbons (Fsp3) is 0.364. The number of aliphatic hydroxyl groups is 1. The third-order valence-electron chi connectivity index (χ3n) is 2.21. The number of benzene rings is 1. The molecule has 0 spiro atoms. The first-order valence-electron chi connectivity index (χ1n) is 4.64. The van der Waals surface area contributed by atoms with E-state index in [9.17, 15) is 9.90 Å². The summed E-state index contributed by atoms with van der Waals surface area (Å²) in [5.41, 5.74) is 0.695. The van der Waals surface area contributed by atoms with Crippen LogP contribution in [0.3, 0.4) is 0 Å². The lowest BCUT2D eigenvalue weighted by Gasteiger charge is -2.17. The largest absolute Gasteiger partial charge is 0.492 e. The van der Waals surface area contributed by atoms with Crippen molar-refractivity contribution in [2.45, 2.75) is 13.0 Å². The molecular formula is C11H13ClO4. The smallest absolute Gasteiger partial charge is 0.171 e. The molecule has 88 valence electrons. The fourth-order valence-electron chi connectivity index (χ4n) is 1.53. The van der Waals surface area contributed by atoms with E-state index >= 15 is 0 Å². The van der Waals surface area contributed by atoms with Crippen molar-refractivity contribution in [1.29, 1.82) is 0 Å². The Bertz CT molecular complexity index is 401. The predicted molar refractivity (Wildman–Crippen MR) is 60.6 cm³/mol. The van der Waals surface area contributed by atoms with Crippen molar-refractivity contribution in [3.8, 4) is 11.5 Å². The van der Waals surface area contributed by atoms with Crippen molar-refractivity contribution < 1.29 is 19.4 Å². The SMILES string of the molecule is COc1c(C=O)cc(Cl)c(C(C)O)c1OC. The number of halogens is 1. The van der Waals surface area contributed by atoms with Gasteiger partial charge in [0.2, 0.25) is 0 Å². The Balaban J connectivity index is 3.57. The Labute approximate surface area is 98.7 Å². The van der Waals surface area contributed by atoms with E-state index in [1.807, 2.05) is 0 Å². The van der Waals surface area contributed by atoms with Crippen LogP contribution in [0.25, 0.3) is 0 Å². The second kappa shape index (κ2) is 5.18. The van der Waals surface area contributed by atoms with Gasteiger partial charge in [-0.05, 0) is 13.0 Å². The van der Waals surface area contributed by atoms with Crippen LogP contribution in [-0.2, 0) is 0 Å². The first-order chi connectivity index (χ1) is 7.56. The molecule has 0 amide bonds. The second-order valence-electron chi connectivity index (χ2n) is 3.22. The lowest BCUT2D eigenvalue weighted by atomic mass is 10.1.